The molecule has 0 atom stereocenters. The number of pyridine rings is 1. The van der Waals surface area contributed by atoms with Gasteiger partial charge in [-0.15, -0.1) is 0 Å². The molecule has 0 bridgehead atoms. The number of carbonyl (C=O) groups is 1. The molecule has 0 spiro atoms. The summed E-state index contributed by atoms with van der Waals surface area (Å²) in [6.07, 6.45) is 2.26. The number of esters is 1. The number of nitrogens with one attached hydrogen (secondary N) is 1. The number of nitrogens with zero attached hydrogens (tertiary/aromatic N) is 2. The molecular weight excluding hydrogens is 296 g/mol. The molecule has 0 aromatic carbocycles. The van der Waals surface area contributed by atoms with Gasteiger partial charge in [0.15, 0.2) is 0 Å². The van der Waals surface area contributed by atoms with E-state index < -0.39 is 10.2 Å². The molecule has 1 aliphatic rings. The van der Waals surface area contributed by atoms with Crippen molar-refractivity contribution in [1.29, 1.82) is 0 Å². The summed E-state index contributed by atoms with van der Waals surface area (Å²) in [6.45, 7) is 0.551. The quantitative estimate of drug-likeness (QED) is 0.768. The normalized spacial score (nSPS) is 17.4. The summed E-state index contributed by atoms with van der Waals surface area (Å²) in [4.78, 5) is 15.2. The Balaban J connectivity index is 1.98. The molecule has 2 rings (SSSR count). The minimum absolute atomic E-state index is 0.236. The minimum atomic E-state index is -3.65. The second-order valence-corrected chi connectivity index (χ2v) is 6.45. The van der Waals surface area contributed by atoms with Gasteiger partial charge in [-0.3, -0.25) is 9.52 Å². The Hall–Kier alpha value is -1.87. The van der Waals surface area contributed by atoms with Crippen LogP contribution in [0.4, 0.5) is 11.5 Å². The van der Waals surface area contributed by atoms with Crippen molar-refractivity contribution in [2.45, 2.75) is 12.8 Å². The monoisotopic (exact) mass is 314 g/mol. The minimum Gasteiger partial charge on any atom is -0.469 e. The number of rotatable bonds is 4. The molecule has 3 N–H and O–H groups in total. The number of carbonyl (C=O) groups excluding carboxylic acids is 1. The van der Waals surface area contributed by atoms with Gasteiger partial charge in [0.2, 0.25) is 0 Å². The van der Waals surface area contributed by atoms with Gasteiger partial charge in [0.25, 0.3) is 0 Å². The van der Waals surface area contributed by atoms with Crippen molar-refractivity contribution in [2.24, 2.45) is 5.92 Å². The van der Waals surface area contributed by atoms with Gasteiger partial charge in [-0.2, -0.15) is 12.7 Å². The molecule has 0 aliphatic carbocycles. The van der Waals surface area contributed by atoms with E-state index >= 15 is 0 Å². The summed E-state index contributed by atoms with van der Waals surface area (Å²) in [6, 6.07) is 3.06. The van der Waals surface area contributed by atoms with Crippen molar-refractivity contribution in [1.82, 2.24) is 9.29 Å². The van der Waals surface area contributed by atoms with E-state index in [0.717, 1.165) is 0 Å². The Morgan fingerprint density at radius 2 is 2.10 bits per heavy atom. The zero-order valence-corrected chi connectivity index (χ0v) is 12.5. The fourth-order valence-electron chi connectivity index (χ4n) is 2.18. The van der Waals surface area contributed by atoms with Crippen LogP contribution in [0.25, 0.3) is 0 Å². The fourth-order valence-corrected chi connectivity index (χ4v) is 3.42. The molecule has 0 unspecified atom stereocenters. The number of piperidine rings is 1. The molecule has 116 valence electrons. The van der Waals surface area contributed by atoms with Crippen LogP contribution in [0, 0.1) is 5.92 Å². The van der Waals surface area contributed by atoms with Gasteiger partial charge in [0.1, 0.15) is 5.82 Å². The summed E-state index contributed by atoms with van der Waals surface area (Å²) >= 11 is 0. The zero-order chi connectivity index (χ0) is 15.5. The van der Waals surface area contributed by atoms with Crippen LogP contribution in [0.5, 0.6) is 0 Å². The van der Waals surface area contributed by atoms with Crippen molar-refractivity contribution >= 4 is 27.7 Å². The number of nitrogen functional groups attached to an aromatic ring is 1. The first kappa shape index (κ1) is 15.5. The Kier molecular flexibility index (Phi) is 4.63. The maximum atomic E-state index is 12.2. The van der Waals surface area contributed by atoms with E-state index in [2.05, 4.69) is 14.4 Å². The standard InChI is InChI=1S/C12H18N4O4S/c1-20-12(17)9-4-6-16(7-5-9)21(18,19)15-10-2-3-11(13)14-8-10/h2-3,8-9,15H,4-7H2,1H3,(H2,13,14). The maximum Gasteiger partial charge on any atom is 0.308 e. The lowest BCUT2D eigenvalue weighted by Gasteiger charge is -2.29. The van der Waals surface area contributed by atoms with E-state index in [-0.39, 0.29) is 25.0 Å². The smallest absolute Gasteiger partial charge is 0.308 e. The molecule has 9 heteroatoms. The van der Waals surface area contributed by atoms with Crippen molar-refractivity contribution in [2.75, 3.05) is 30.7 Å². The second kappa shape index (κ2) is 6.27. The summed E-state index contributed by atoms with van der Waals surface area (Å²) in [5, 5.41) is 0. The van der Waals surface area contributed by atoms with Gasteiger partial charge in [-0.1, -0.05) is 0 Å². The Labute approximate surface area is 123 Å². The summed E-state index contributed by atoms with van der Waals surface area (Å²) in [5.41, 5.74) is 5.79. The molecule has 8 nitrogen and oxygen atoms in total. The number of methoxy groups -OCH3 is 1. The number of aromatic nitrogens is 1. The average molecular weight is 314 g/mol. The predicted octanol–water partition coefficient (Wildman–Crippen LogP) is 0.205. The third-order valence-corrected chi connectivity index (χ3v) is 4.90. The molecule has 0 amide bonds. The molecule has 21 heavy (non-hydrogen) atoms. The van der Waals surface area contributed by atoms with E-state index in [1.807, 2.05) is 0 Å². The molecular formula is C12H18N4O4S. The Morgan fingerprint density at radius 1 is 1.43 bits per heavy atom. The summed E-state index contributed by atoms with van der Waals surface area (Å²) < 4.78 is 32.9. The lowest BCUT2D eigenvalue weighted by Crippen LogP contribution is -2.43. The Morgan fingerprint density at radius 3 is 2.62 bits per heavy atom. The van der Waals surface area contributed by atoms with Gasteiger partial charge in [-0.25, -0.2) is 4.98 Å². The third-order valence-electron chi connectivity index (χ3n) is 3.36. The van der Waals surface area contributed by atoms with Crippen molar-refractivity contribution in [3.63, 3.8) is 0 Å². The van der Waals surface area contributed by atoms with Gasteiger partial charge < -0.3 is 10.5 Å². The number of anilines is 2. The van der Waals surface area contributed by atoms with Crippen LogP contribution in [0.1, 0.15) is 12.8 Å². The van der Waals surface area contributed by atoms with Crippen LogP contribution in [0.3, 0.4) is 0 Å². The first-order valence-corrected chi connectivity index (χ1v) is 7.93. The highest BCUT2D eigenvalue weighted by molar-refractivity contribution is 7.90. The number of hydrogen-bond acceptors (Lipinski definition) is 6. The summed E-state index contributed by atoms with van der Waals surface area (Å²) in [5.74, 6) is -0.209. The van der Waals surface area contributed by atoms with Crippen LogP contribution in [0.15, 0.2) is 18.3 Å². The number of ether oxygens (including phenoxy) is 1. The third kappa shape index (κ3) is 3.82. The molecule has 1 fully saturated rings. The first-order valence-electron chi connectivity index (χ1n) is 6.49. The molecule has 0 radical (unpaired) electrons. The van der Waals surface area contributed by atoms with E-state index in [1.165, 1.54) is 23.7 Å². The van der Waals surface area contributed by atoms with Crippen LogP contribution >= 0.6 is 0 Å². The first-order chi connectivity index (χ1) is 9.92. The summed E-state index contributed by atoms with van der Waals surface area (Å²) in [7, 11) is -2.32. The van der Waals surface area contributed by atoms with Crippen LogP contribution in [-0.2, 0) is 19.7 Å². The molecule has 1 aromatic rings. The Bertz CT molecular complexity index is 594. The van der Waals surface area contributed by atoms with Gasteiger partial charge in [-0.05, 0) is 25.0 Å². The van der Waals surface area contributed by atoms with Crippen molar-refractivity contribution < 1.29 is 17.9 Å². The van der Waals surface area contributed by atoms with Crippen molar-refractivity contribution in [3.05, 3.63) is 18.3 Å². The number of nitrogens with two attached hydrogens (primary N) is 1. The highest BCUT2D eigenvalue weighted by atomic mass is 32.2. The molecule has 1 aromatic heterocycles. The fraction of sp³-hybridized carbons (Fsp3) is 0.500. The van der Waals surface area contributed by atoms with Gasteiger partial charge in [0, 0.05) is 13.1 Å². The average Bonchev–Trinajstić information content (AvgIpc) is 2.49. The molecule has 0 saturated carbocycles. The lowest BCUT2D eigenvalue weighted by molar-refractivity contribution is -0.146. The van der Waals surface area contributed by atoms with Crippen LogP contribution < -0.4 is 10.5 Å². The van der Waals surface area contributed by atoms with Crippen molar-refractivity contribution in [3.8, 4) is 0 Å². The van der Waals surface area contributed by atoms with Crippen LogP contribution in [-0.4, -0.2) is 43.9 Å². The topological polar surface area (TPSA) is 115 Å². The number of hydrogen-bond donors (Lipinski definition) is 2. The highest BCUT2D eigenvalue weighted by Crippen LogP contribution is 2.21. The van der Waals surface area contributed by atoms with E-state index in [1.54, 1.807) is 6.07 Å². The maximum absolute atomic E-state index is 12.2. The highest BCUT2D eigenvalue weighted by Gasteiger charge is 2.31. The molecule has 1 aliphatic heterocycles. The van der Waals surface area contributed by atoms with Crippen LogP contribution in [0.2, 0.25) is 0 Å². The molecule has 2 heterocycles. The van der Waals surface area contributed by atoms with E-state index in [4.69, 9.17) is 5.73 Å². The zero-order valence-electron chi connectivity index (χ0n) is 11.7. The van der Waals surface area contributed by atoms with E-state index in [0.29, 0.717) is 24.3 Å². The largest absolute Gasteiger partial charge is 0.469 e. The predicted molar refractivity (Wildman–Crippen MR) is 77.5 cm³/mol. The lowest BCUT2D eigenvalue weighted by atomic mass is 9.99. The van der Waals surface area contributed by atoms with Gasteiger partial charge in [0.05, 0.1) is 24.9 Å². The molecule has 1 saturated heterocycles. The van der Waals surface area contributed by atoms with Gasteiger partial charge >= 0.3 is 16.2 Å². The SMILES string of the molecule is COC(=O)C1CCN(S(=O)(=O)Nc2ccc(N)nc2)CC1. The second-order valence-electron chi connectivity index (χ2n) is 4.78. The van der Waals surface area contributed by atoms with E-state index in [9.17, 15) is 13.2 Å².